The van der Waals surface area contributed by atoms with E-state index in [0.717, 1.165) is 12.0 Å². The van der Waals surface area contributed by atoms with Gasteiger partial charge in [-0.1, -0.05) is 30.3 Å². The second-order valence-electron chi connectivity index (χ2n) is 5.16. The van der Waals surface area contributed by atoms with E-state index in [1.54, 1.807) is 4.90 Å². The number of carbonyl (C=O) groups is 2. The maximum absolute atomic E-state index is 12.2. The second-order valence-corrected chi connectivity index (χ2v) is 5.16. The molecule has 1 rings (SSSR count). The zero-order valence-electron chi connectivity index (χ0n) is 12.2. The number of benzene rings is 1. The maximum Gasteiger partial charge on any atom is 0.303 e. The molecule has 0 fully saturated rings. The predicted octanol–water partition coefficient (Wildman–Crippen LogP) is 2.72. The van der Waals surface area contributed by atoms with Crippen molar-refractivity contribution in [2.24, 2.45) is 0 Å². The van der Waals surface area contributed by atoms with Crippen molar-refractivity contribution in [3.63, 3.8) is 0 Å². The first-order valence-electron chi connectivity index (χ1n) is 7.06. The van der Waals surface area contributed by atoms with E-state index in [2.05, 4.69) is 0 Å². The lowest BCUT2D eigenvalue weighted by Crippen LogP contribution is -2.38. The first-order valence-corrected chi connectivity index (χ1v) is 7.06. The highest BCUT2D eigenvalue weighted by atomic mass is 16.4. The molecule has 4 heteroatoms. The molecule has 0 saturated carbocycles. The molecular weight excluding hydrogens is 254 g/mol. The van der Waals surface area contributed by atoms with Crippen molar-refractivity contribution < 1.29 is 14.7 Å². The van der Waals surface area contributed by atoms with Crippen molar-refractivity contribution >= 4 is 11.9 Å². The SMILES string of the molecule is CC(C)N(CCCC(=O)O)C(=O)CCc1ccccc1. The number of aryl methyl sites for hydroxylation is 1. The van der Waals surface area contributed by atoms with Crippen LogP contribution >= 0.6 is 0 Å². The predicted molar refractivity (Wildman–Crippen MR) is 78.5 cm³/mol. The van der Waals surface area contributed by atoms with Crippen molar-refractivity contribution in [1.82, 2.24) is 4.90 Å². The Morgan fingerprint density at radius 3 is 2.35 bits per heavy atom. The largest absolute Gasteiger partial charge is 0.481 e. The molecular formula is C16H23NO3. The van der Waals surface area contributed by atoms with Gasteiger partial charge in [0.2, 0.25) is 5.91 Å². The summed E-state index contributed by atoms with van der Waals surface area (Å²) in [5.41, 5.74) is 1.15. The van der Waals surface area contributed by atoms with Crippen molar-refractivity contribution in [3.05, 3.63) is 35.9 Å². The normalized spacial score (nSPS) is 10.6. The fraction of sp³-hybridized carbons (Fsp3) is 0.500. The quantitative estimate of drug-likeness (QED) is 0.795. The molecule has 0 unspecified atom stereocenters. The Labute approximate surface area is 120 Å². The van der Waals surface area contributed by atoms with E-state index >= 15 is 0 Å². The van der Waals surface area contributed by atoms with Crippen molar-refractivity contribution in [1.29, 1.82) is 0 Å². The highest BCUT2D eigenvalue weighted by Gasteiger charge is 2.16. The summed E-state index contributed by atoms with van der Waals surface area (Å²) >= 11 is 0. The molecule has 0 atom stereocenters. The molecule has 0 aliphatic carbocycles. The number of carboxylic acid groups (broad SMARTS) is 1. The highest BCUT2D eigenvalue weighted by Crippen LogP contribution is 2.08. The first-order chi connectivity index (χ1) is 9.50. The van der Waals surface area contributed by atoms with Crippen LogP contribution in [0.4, 0.5) is 0 Å². The van der Waals surface area contributed by atoms with Gasteiger partial charge in [0.1, 0.15) is 0 Å². The zero-order chi connectivity index (χ0) is 15.0. The third-order valence-corrected chi connectivity index (χ3v) is 3.20. The standard InChI is InChI=1S/C16H23NO3/c1-13(2)17(12-6-9-16(19)20)15(18)11-10-14-7-4-3-5-8-14/h3-5,7-8,13H,6,9-12H2,1-2H3,(H,19,20). The number of hydrogen-bond acceptors (Lipinski definition) is 2. The molecule has 20 heavy (non-hydrogen) atoms. The minimum atomic E-state index is -0.814. The molecule has 0 spiro atoms. The topological polar surface area (TPSA) is 57.6 Å². The number of carbonyl (C=O) groups excluding carboxylic acids is 1. The average Bonchev–Trinajstić information content (AvgIpc) is 2.41. The molecule has 1 N–H and O–H groups in total. The summed E-state index contributed by atoms with van der Waals surface area (Å²) < 4.78 is 0. The molecule has 0 aromatic heterocycles. The van der Waals surface area contributed by atoms with E-state index in [0.29, 0.717) is 19.4 Å². The molecule has 0 aliphatic heterocycles. The summed E-state index contributed by atoms with van der Waals surface area (Å²) in [4.78, 5) is 24.5. The molecule has 0 bridgehead atoms. The lowest BCUT2D eigenvalue weighted by atomic mass is 10.1. The number of aliphatic carboxylic acids is 1. The van der Waals surface area contributed by atoms with Crippen LogP contribution in [-0.2, 0) is 16.0 Å². The molecule has 1 amide bonds. The monoisotopic (exact) mass is 277 g/mol. The molecule has 1 aromatic rings. The minimum absolute atomic E-state index is 0.0919. The van der Waals surface area contributed by atoms with Gasteiger partial charge in [0, 0.05) is 25.4 Å². The van der Waals surface area contributed by atoms with Gasteiger partial charge in [-0.15, -0.1) is 0 Å². The Kier molecular flexibility index (Phi) is 6.77. The van der Waals surface area contributed by atoms with E-state index < -0.39 is 5.97 Å². The number of amides is 1. The summed E-state index contributed by atoms with van der Waals surface area (Å²) in [7, 11) is 0. The van der Waals surface area contributed by atoms with Crippen LogP contribution in [0.25, 0.3) is 0 Å². The van der Waals surface area contributed by atoms with Crippen LogP contribution < -0.4 is 0 Å². The van der Waals surface area contributed by atoms with Crippen LogP contribution in [0.15, 0.2) is 30.3 Å². The third-order valence-electron chi connectivity index (χ3n) is 3.20. The van der Waals surface area contributed by atoms with Gasteiger partial charge < -0.3 is 10.0 Å². The zero-order valence-corrected chi connectivity index (χ0v) is 12.2. The van der Waals surface area contributed by atoms with E-state index in [1.165, 1.54) is 0 Å². The van der Waals surface area contributed by atoms with Gasteiger partial charge in [0.15, 0.2) is 0 Å². The lowest BCUT2D eigenvalue weighted by molar-refractivity contribution is -0.138. The van der Waals surface area contributed by atoms with Crippen LogP contribution in [0.5, 0.6) is 0 Å². The summed E-state index contributed by atoms with van der Waals surface area (Å²) in [6.45, 7) is 4.43. The van der Waals surface area contributed by atoms with Crippen molar-refractivity contribution in [2.45, 2.75) is 45.6 Å². The molecule has 4 nitrogen and oxygen atoms in total. The first kappa shape index (κ1) is 16.2. The van der Waals surface area contributed by atoms with E-state index in [4.69, 9.17) is 5.11 Å². The fourth-order valence-electron chi connectivity index (χ4n) is 2.11. The lowest BCUT2D eigenvalue weighted by Gasteiger charge is -2.26. The van der Waals surface area contributed by atoms with Gasteiger partial charge >= 0.3 is 5.97 Å². The molecule has 110 valence electrons. The second kappa shape index (κ2) is 8.35. The number of carboxylic acids is 1. The Bertz CT molecular complexity index is 429. The van der Waals surface area contributed by atoms with Gasteiger partial charge in [0.25, 0.3) is 0 Å². The van der Waals surface area contributed by atoms with Crippen molar-refractivity contribution in [3.8, 4) is 0 Å². The smallest absolute Gasteiger partial charge is 0.303 e. The average molecular weight is 277 g/mol. The molecule has 0 aliphatic rings. The van der Waals surface area contributed by atoms with E-state index in [1.807, 2.05) is 44.2 Å². The van der Waals surface area contributed by atoms with Crippen LogP contribution in [0, 0.1) is 0 Å². The van der Waals surface area contributed by atoms with Gasteiger partial charge in [-0.2, -0.15) is 0 Å². The molecule has 1 aromatic carbocycles. The maximum atomic E-state index is 12.2. The number of hydrogen-bond donors (Lipinski definition) is 1. The summed E-state index contributed by atoms with van der Waals surface area (Å²) in [6, 6.07) is 10.0. The fourth-order valence-corrected chi connectivity index (χ4v) is 2.11. The molecule has 0 saturated heterocycles. The summed E-state index contributed by atoms with van der Waals surface area (Å²) in [6.07, 6.45) is 1.80. The number of nitrogens with zero attached hydrogens (tertiary/aromatic N) is 1. The van der Waals surface area contributed by atoms with Gasteiger partial charge in [-0.3, -0.25) is 9.59 Å². The highest BCUT2D eigenvalue weighted by molar-refractivity contribution is 5.76. The Balaban J connectivity index is 2.45. The van der Waals surface area contributed by atoms with Crippen LogP contribution in [0.3, 0.4) is 0 Å². The summed E-state index contributed by atoms with van der Waals surface area (Å²) in [5.74, 6) is -0.723. The van der Waals surface area contributed by atoms with Gasteiger partial charge in [0.05, 0.1) is 0 Å². The molecule has 0 radical (unpaired) electrons. The molecule has 0 heterocycles. The van der Waals surface area contributed by atoms with Crippen LogP contribution in [-0.4, -0.2) is 34.5 Å². The van der Waals surface area contributed by atoms with Gasteiger partial charge in [-0.25, -0.2) is 0 Å². The van der Waals surface area contributed by atoms with E-state index in [9.17, 15) is 9.59 Å². The summed E-state index contributed by atoms with van der Waals surface area (Å²) in [5, 5.41) is 8.65. The van der Waals surface area contributed by atoms with Crippen LogP contribution in [0.1, 0.15) is 38.7 Å². The van der Waals surface area contributed by atoms with Crippen LogP contribution in [0.2, 0.25) is 0 Å². The van der Waals surface area contributed by atoms with Crippen molar-refractivity contribution in [2.75, 3.05) is 6.54 Å². The van der Waals surface area contributed by atoms with E-state index in [-0.39, 0.29) is 18.4 Å². The Morgan fingerprint density at radius 2 is 1.80 bits per heavy atom. The number of rotatable bonds is 8. The van der Waals surface area contributed by atoms with Gasteiger partial charge in [-0.05, 0) is 32.3 Å². The third kappa shape index (κ3) is 5.87. The Morgan fingerprint density at radius 1 is 1.15 bits per heavy atom. The Hall–Kier alpha value is -1.84. The minimum Gasteiger partial charge on any atom is -0.481 e.